The van der Waals surface area contributed by atoms with E-state index in [2.05, 4.69) is 346 Å². The molecule has 0 spiro atoms. The zero-order valence-electron chi connectivity index (χ0n) is 71.1. The molecule has 0 saturated heterocycles. The molecular weight excluding hydrogens is 1580 g/mol. The maximum atomic E-state index is 4.93. The molecule has 0 saturated carbocycles. The van der Waals surface area contributed by atoms with Crippen LogP contribution in [0.2, 0.25) is 24.2 Å². The molecule has 4 unspecified atom stereocenters. The Morgan fingerprint density at radius 2 is 0.546 bits per heavy atom. The van der Waals surface area contributed by atoms with Crippen molar-refractivity contribution < 1.29 is 41.7 Å². The van der Waals surface area contributed by atoms with Crippen LogP contribution in [0.5, 0.6) is 0 Å². The zero-order valence-corrected chi connectivity index (χ0v) is 81.0. The average Bonchev–Trinajstić information content (AvgIpc) is 1.55. The Morgan fingerprint density at radius 3 is 0.769 bits per heavy atom. The summed E-state index contributed by atoms with van der Waals surface area (Å²) in [5, 5.41) is 0. The summed E-state index contributed by atoms with van der Waals surface area (Å²) >= 11 is -1.65. The van der Waals surface area contributed by atoms with Crippen molar-refractivity contribution in [2.45, 2.75) is 246 Å². The van der Waals surface area contributed by atoms with E-state index < -0.39 is 57.8 Å². The molecule has 0 nitrogen and oxygen atoms in total. The van der Waals surface area contributed by atoms with Gasteiger partial charge in [0.15, 0.2) is 0 Å². The molecule has 4 aliphatic rings. The number of hydrogen-bond donors (Lipinski definition) is 0. The van der Waals surface area contributed by atoms with Gasteiger partial charge in [-0.1, -0.05) is 405 Å². The minimum absolute atomic E-state index is 0. The summed E-state index contributed by atoms with van der Waals surface area (Å²) < 4.78 is 0. The molecule has 0 radical (unpaired) electrons. The van der Waals surface area contributed by atoms with Gasteiger partial charge in [0.2, 0.25) is 0 Å². The summed E-state index contributed by atoms with van der Waals surface area (Å²) in [5.74, 6) is 1.01. The molecule has 12 rings (SSSR count). The van der Waals surface area contributed by atoms with Crippen molar-refractivity contribution in [3.05, 3.63) is 289 Å². The Labute approximate surface area is 700 Å². The van der Waals surface area contributed by atoms with Crippen LogP contribution in [0.4, 0.5) is 0 Å². The summed E-state index contributed by atoms with van der Waals surface area (Å²) in [5.41, 5.74) is 38.0. The van der Waals surface area contributed by atoms with E-state index in [1.54, 1.807) is 44.5 Å². The first kappa shape index (κ1) is 94.7. The van der Waals surface area contributed by atoms with Gasteiger partial charge in [-0.3, -0.25) is 0 Å². The van der Waals surface area contributed by atoms with Crippen molar-refractivity contribution in [1.82, 2.24) is 0 Å². The van der Waals surface area contributed by atoms with Crippen LogP contribution in [0.15, 0.2) is 192 Å². The van der Waals surface area contributed by atoms with Crippen molar-refractivity contribution in [3.8, 4) is 44.5 Å². The second-order valence-corrected chi connectivity index (χ2v) is 52.3. The van der Waals surface area contributed by atoms with E-state index in [4.69, 9.17) is 34.1 Å². The number of unbranched alkanes of at least 4 members (excludes halogenated alkanes) is 2. The number of rotatable bonds is 18. The third kappa shape index (κ3) is 20.0. The Kier molecular flexibility index (Phi) is 35.0. The molecule has 0 aromatic heterocycles. The molecule has 0 heterocycles. The fourth-order valence-electron chi connectivity index (χ4n) is 18.5. The van der Waals surface area contributed by atoms with Gasteiger partial charge in [-0.25, -0.2) is 0 Å². The molecule has 0 aliphatic heterocycles. The van der Waals surface area contributed by atoms with Gasteiger partial charge >= 0.3 is 75.7 Å². The summed E-state index contributed by atoms with van der Waals surface area (Å²) in [4.78, 5) is 0. The number of allylic oxidation sites excluding steroid dienone is 4. The fraction of sp³-hybridized carbons (Fsp3) is 0.400. The maximum absolute atomic E-state index is 4.93. The molecule has 0 amide bonds. The molecule has 0 fully saturated rings. The van der Waals surface area contributed by atoms with E-state index in [-0.39, 0.29) is 51.4 Å². The van der Waals surface area contributed by atoms with E-state index in [9.17, 15) is 0 Å². The van der Waals surface area contributed by atoms with Gasteiger partial charge in [0, 0.05) is 22.2 Å². The summed E-state index contributed by atoms with van der Waals surface area (Å²) in [6.45, 7) is 52.2. The van der Waals surface area contributed by atoms with E-state index >= 15 is 0 Å². The SMILES string of the molecule is CCCC[Si](CCCC)(C1C(C)=Cc2c(-c3ccc(C(C)(C)C)cc3)cccc21)C1C(C(C)C)=Cc2c(-c3ccc(C(C)(C)C)cc3)cccc21.CC[Si](CC)(C1C(C)=Cc2c(-c3ccc(C(C)(C)C)cc3)cccc21)C1C(C(C)C)=Cc2c(-c3ccc(C(C)(C)C)cc3)cccc21.[CH3-].[CH3-].[CH3-].[CH3-].[Cl][Zr+2][Cl].[Cl][Zr+2][Cl]. The van der Waals surface area contributed by atoms with Crippen LogP contribution >= 0.6 is 34.1 Å². The molecule has 0 N–H and O–H groups in total. The van der Waals surface area contributed by atoms with Gasteiger partial charge < -0.3 is 29.7 Å². The van der Waals surface area contributed by atoms with Crippen molar-refractivity contribution in [3.63, 3.8) is 0 Å². The molecule has 0 bridgehead atoms. The standard InChI is InChI=1S/C50H64Si.C46H56Si.4CH3.4ClH.2Zr/c1-12-14-30-51(31-15-13-2,47-35(5)32-45-40(18-16-20-42(45)47)36-22-26-38(27-23-36)49(6,7)8)48-43-21-17-19-41(46(43)33-44(48)34(3)4)37-24-28-39(29-25-37)50(9,10)11;1-12-47(13-2,43-31(5)28-41-36(16-14-18-38(41)43)32-20-24-34(25-21-32)45(6,7)8)44-39-19-15-17-37(42(39)29-40(44)30(3)4)33-22-26-35(27-23-33)46(9,10)11;;;;;;;;;;/h16-29,32-34,47-48H,12-15,30-31H2,1-11H3;14-30,43-44H,12-13H2,1-11H3;4*1H3;4*1H;;/q;;4*-1;;;;;2*+4/p-4. The third-order valence-corrected chi connectivity index (χ3v) is 36.6. The molecule has 4 aliphatic carbocycles. The molecule has 8 aromatic carbocycles. The monoisotopic (exact) mass is 1710 g/mol. The first-order valence-electron chi connectivity index (χ1n) is 38.9. The Bertz CT molecular complexity index is 4350. The number of fused-ring (bicyclic) bond motifs is 4. The summed E-state index contributed by atoms with van der Waals surface area (Å²) in [6, 6.07) is 71.8. The van der Waals surface area contributed by atoms with E-state index in [0.29, 0.717) is 34.0 Å². The molecule has 8 aromatic rings. The van der Waals surface area contributed by atoms with Crippen LogP contribution in [0.1, 0.15) is 267 Å². The van der Waals surface area contributed by atoms with Gasteiger partial charge in [0.05, 0.1) is 16.1 Å². The third-order valence-electron chi connectivity index (χ3n) is 23.9. The minimum atomic E-state index is -2.11. The van der Waals surface area contributed by atoms with Gasteiger partial charge in [0.25, 0.3) is 0 Å². The molecular formula is C100H132Cl4Si2Zr2. The predicted octanol–water partition coefficient (Wildman–Crippen LogP) is 33.2. The predicted molar refractivity (Wildman–Crippen MR) is 487 cm³/mol. The van der Waals surface area contributed by atoms with Crippen molar-refractivity contribution >= 4 is 74.5 Å². The molecule has 8 heteroatoms. The van der Waals surface area contributed by atoms with Crippen molar-refractivity contribution in [2.75, 3.05) is 0 Å². The first-order chi connectivity index (χ1) is 49.2. The molecule has 108 heavy (non-hydrogen) atoms. The van der Waals surface area contributed by atoms with Crippen molar-refractivity contribution in [1.29, 1.82) is 0 Å². The van der Waals surface area contributed by atoms with Crippen LogP contribution < -0.4 is 0 Å². The quantitative estimate of drug-likeness (QED) is 0.0593. The number of halogens is 4. The van der Waals surface area contributed by atoms with Gasteiger partial charge in [-0.15, -0.1) is 0 Å². The molecule has 576 valence electrons. The second-order valence-electron chi connectivity index (χ2n) is 35.2. The van der Waals surface area contributed by atoms with Crippen LogP contribution in [0, 0.1) is 41.5 Å². The van der Waals surface area contributed by atoms with Crippen LogP contribution in [0.3, 0.4) is 0 Å². The average molecular weight is 1710 g/mol. The van der Waals surface area contributed by atoms with Gasteiger partial charge in [-0.05, 0) is 159 Å². The Morgan fingerprint density at radius 1 is 0.324 bits per heavy atom. The fourth-order valence-corrected chi connectivity index (χ4v) is 32.3. The zero-order chi connectivity index (χ0) is 76.0. The van der Waals surface area contributed by atoms with Crippen molar-refractivity contribution in [2.24, 2.45) is 11.8 Å². The number of hydrogen-bond acceptors (Lipinski definition) is 0. The topological polar surface area (TPSA) is 0 Å². The molecule has 4 atom stereocenters. The normalized spacial score (nSPS) is 16.2. The Balaban J connectivity index is 0.000000350. The Hall–Kier alpha value is -3.92. The van der Waals surface area contributed by atoms with Crippen LogP contribution in [0.25, 0.3) is 68.8 Å². The number of benzene rings is 8. The summed E-state index contributed by atoms with van der Waals surface area (Å²) in [7, 11) is 15.6. The second kappa shape index (κ2) is 39.9. The summed E-state index contributed by atoms with van der Waals surface area (Å²) in [6.07, 6.45) is 15.6. The van der Waals surface area contributed by atoms with E-state index in [1.165, 1.54) is 139 Å². The van der Waals surface area contributed by atoms with Crippen LogP contribution in [-0.4, -0.2) is 16.1 Å². The first-order valence-corrected chi connectivity index (χ1v) is 56.7. The van der Waals surface area contributed by atoms with Gasteiger partial charge in [0.1, 0.15) is 0 Å². The van der Waals surface area contributed by atoms with Crippen LogP contribution in [-0.2, 0) is 63.4 Å². The van der Waals surface area contributed by atoms with E-state index in [0.717, 1.165) is 0 Å². The van der Waals surface area contributed by atoms with Gasteiger partial charge in [-0.2, -0.15) is 0 Å². The van der Waals surface area contributed by atoms with E-state index in [1.807, 2.05) is 0 Å².